The van der Waals surface area contributed by atoms with Gasteiger partial charge in [-0.1, -0.05) is 0 Å². The minimum absolute atomic E-state index is 0.0747. The number of aromatic nitrogens is 3. The zero-order chi connectivity index (χ0) is 23.7. The lowest BCUT2D eigenvalue weighted by Crippen LogP contribution is -2.45. The number of carbonyl (C=O) groups is 1. The first-order valence-corrected chi connectivity index (χ1v) is 11.7. The number of alkyl halides is 1. The molecule has 2 aliphatic carbocycles. The van der Waals surface area contributed by atoms with Crippen molar-refractivity contribution < 1.29 is 18.7 Å². The van der Waals surface area contributed by atoms with Crippen LogP contribution in [0.5, 0.6) is 5.75 Å². The van der Waals surface area contributed by atoms with E-state index in [9.17, 15) is 14.0 Å². The number of anilines is 1. The molecular weight excluding hydrogens is 439 g/mol. The van der Waals surface area contributed by atoms with Crippen molar-refractivity contribution in [3.8, 4) is 5.75 Å². The summed E-state index contributed by atoms with van der Waals surface area (Å²) in [6.07, 6.45) is 8.31. The number of imidazole rings is 1. The van der Waals surface area contributed by atoms with Crippen LogP contribution in [0.3, 0.4) is 0 Å². The summed E-state index contributed by atoms with van der Waals surface area (Å²) in [6, 6.07) is 5.19. The molecule has 7 rings (SSSR count). The van der Waals surface area contributed by atoms with E-state index in [1.165, 1.54) is 0 Å². The van der Waals surface area contributed by atoms with Gasteiger partial charge in [0.05, 0.1) is 23.5 Å². The van der Waals surface area contributed by atoms with E-state index in [1.54, 1.807) is 46.5 Å². The van der Waals surface area contributed by atoms with Gasteiger partial charge >= 0.3 is 0 Å². The smallest absolute Gasteiger partial charge is 0.274 e. The summed E-state index contributed by atoms with van der Waals surface area (Å²) in [6.45, 7) is 3.64. The fourth-order valence-corrected chi connectivity index (χ4v) is 5.37. The Balaban J connectivity index is 1.36. The summed E-state index contributed by atoms with van der Waals surface area (Å²) in [7, 11) is 0. The number of ether oxygens (including phenoxy) is 2. The van der Waals surface area contributed by atoms with Gasteiger partial charge in [0.1, 0.15) is 29.9 Å². The van der Waals surface area contributed by atoms with E-state index in [0.29, 0.717) is 12.3 Å². The van der Waals surface area contributed by atoms with Crippen molar-refractivity contribution in [2.45, 2.75) is 62.7 Å². The molecule has 1 N–H and O–H groups in total. The molecule has 1 amide bonds. The topological polar surface area (TPSA) is 86.9 Å². The van der Waals surface area contributed by atoms with Gasteiger partial charge in [0.15, 0.2) is 0 Å². The molecule has 8 nitrogen and oxygen atoms in total. The lowest BCUT2D eigenvalue weighted by Gasteiger charge is -2.41. The third-order valence-electron chi connectivity index (χ3n) is 7.17. The second-order valence-corrected chi connectivity index (χ2v) is 10.2. The Bertz CT molecular complexity index is 1350. The molecule has 0 aromatic carbocycles. The molecule has 2 aliphatic heterocycles. The van der Waals surface area contributed by atoms with Gasteiger partial charge in [0.2, 0.25) is 0 Å². The predicted octanol–water partition coefficient (Wildman–Crippen LogP) is 3.64. The molecule has 2 bridgehead atoms. The predicted molar refractivity (Wildman–Crippen MR) is 123 cm³/mol. The van der Waals surface area contributed by atoms with Crippen LogP contribution in [0.2, 0.25) is 0 Å². The van der Waals surface area contributed by atoms with E-state index in [4.69, 9.17) is 14.5 Å². The maximum atomic E-state index is 13.3. The summed E-state index contributed by atoms with van der Waals surface area (Å²) >= 11 is 0. The number of hydrogen-bond donors (Lipinski definition) is 1. The van der Waals surface area contributed by atoms with Gasteiger partial charge < -0.3 is 23.8 Å². The number of carbonyl (C=O) groups excluding carboxylic acids is 1. The molecule has 2 saturated heterocycles. The lowest BCUT2D eigenvalue weighted by molar-refractivity contribution is 0.0154. The van der Waals surface area contributed by atoms with E-state index in [0.717, 1.165) is 31.4 Å². The quantitative estimate of drug-likeness (QED) is 0.575. The number of fused-ring (bicyclic) bond motifs is 2. The molecule has 4 aliphatic rings. The van der Waals surface area contributed by atoms with Crippen LogP contribution in [-0.4, -0.2) is 44.8 Å². The first kappa shape index (κ1) is 21.3. The molecule has 0 radical (unpaired) electrons. The van der Waals surface area contributed by atoms with Crippen LogP contribution in [0.25, 0.3) is 5.65 Å². The van der Waals surface area contributed by atoms with Crippen LogP contribution >= 0.6 is 0 Å². The van der Waals surface area contributed by atoms with Crippen LogP contribution < -0.4 is 15.6 Å². The van der Waals surface area contributed by atoms with Gasteiger partial charge in [-0.25, -0.2) is 9.37 Å². The Hall–Kier alpha value is -3.20. The lowest BCUT2D eigenvalue weighted by atomic mass is 9.62. The minimum atomic E-state index is -0.735. The number of nitrogens with one attached hydrogen (secondary N) is 1. The Morgan fingerprint density at radius 3 is 2.85 bits per heavy atom. The van der Waals surface area contributed by atoms with Gasteiger partial charge in [0, 0.05) is 36.1 Å². The third-order valence-corrected chi connectivity index (χ3v) is 7.17. The van der Waals surface area contributed by atoms with Crippen LogP contribution in [0.4, 0.5) is 10.1 Å². The average molecular weight is 467 g/mol. The maximum Gasteiger partial charge on any atom is 0.274 e. The fraction of sp³-hybridized carbons (Fsp3) is 0.480. The highest BCUT2D eigenvalue weighted by Gasteiger charge is 2.61. The van der Waals surface area contributed by atoms with Crippen LogP contribution in [0.1, 0.15) is 61.6 Å². The van der Waals surface area contributed by atoms with Crippen molar-refractivity contribution in [3.05, 3.63) is 58.4 Å². The third kappa shape index (κ3) is 3.41. The second-order valence-electron chi connectivity index (χ2n) is 10.2. The van der Waals surface area contributed by atoms with E-state index >= 15 is 0 Å². The monoisotopic (exact) mass is 466 g/mol. The van der Waals surface area contributed by atoms with Crippen LogP contribution in [0, 0.1) is 0 Å². The molecule has 1 atom stereocenters. The van der Waals surface area contributed by atoms with Crippen molar-refractivity contribution in [1.82, 2.24) is 14.0 Å². The van der Waals surface area contributed by atoms with Gasteiger partial charge in [0.25, 0.3) is 11.5 Å². The molecule has 2 saturated carbocycles. The van der Waals surface area contributed by atoms with Crippen molar-refractivity contribution in [1.29, 1.82) is 0 Å². The zero-order valence-electron chi connectivity index (χ0n) is 19.2. The first-order valence-electron chi connectivity index (χ1n) is 11.7. The number of amides is 1. The maximum absolute atomic E-state index is 13.3. The molecule has 0 spiro atoms. The number of hydrogen-bond acceptors (Lipinski definition) is 5. The molecular formula is C25H27FN4O4. The summed E-state index contributed by atoms with van der Waals surface area (Å²) in [5.41, 5.74) is 1.52. The van der Waals surface area contributed by atoms with Crippen molar-refractivity contribution in [2.24, 2.45) is 0 Å². The number of halogens is 1. The molecule has 178 valence electrons. The molecule has 9 heteroatoms. The normalized spacial score (nSPS) is 26.3. The van der Waals surface area contributed by atoms with E-state index < -0.39 is 18.7 Å². The first-order chi connectivity index (χ1) is 16.3. The molecule has 5 heterocycles. The Morgan fingerprint density at radius 1 is 1.38 bits per heavy atom. The largest absolute Gasteiger partial charge is 0.487 e. The van der Waals surface area contributed by atoms with Gasteiger partial charge in [-0.2, -0.15) is 0 Å². The molecule has 34 heavy (non-hydrogen) atoms. The summed E-state index contributed by atoms with van der Waals surface area (Å²) in [4.78, 5) is 30.9. The number of rotatable bonds is 7. The van der Waals surface area contributed by atoms with Gasteiger partial charge in [-0.05, 0) is 51.7 Å². The van der Waals surface area contributed by atoms with Crippen molar-refractivity contribution >= 4 is 17.2 Å². The van der Waals surface area contributed by atoms with Crippen LogP contribution in [-0.2, 0) is 10.2 Å². The average Bonchev–Trinajstić information content (AvgIpc) is 3.33. The Labute approximate surface area is 195 Å². The van der Waals surface area contributed by atoms with Gasteiger partial charge in [-0.3, -0.25) is 9.59 Å². The van der Waals surface area contributed by atoms with E-state index in [2.05, 4.69) is 12.2 Å². The van der Waals surface area contributed by atoms with E-state index in [1.807, 2.05) is 6.20 Å². The Kier molecular flexibility index (Phi) is 4.64. The van der Waals surface area contributed by atoms with Crippen LogP contribution in [0.15, 0.2) is 41.6 Å². The molecule has 4 fully saturated rings. The van der Waals surface area contributed by atoms with Gasteiger partial charge in [-0.15, -0.1) is 0 Å². The summed E-state index contributed by atoms with van der Waals surface area (Å²) in [5.74, 6) is -0.271. The number of pyridine rings is 2. The Morgan fingerprint density at radius 2 is 2.18 bits per heavy atom. The molecule has 0 unspecified atom stereocenters. The van der Waals surface area contributed by atoms with E-state index in [-0.39, 0.29) is 39.6 Å². The number of nitrogens with zero attached hydrogens (tertiary/aromatic N) is 3. The highest BCUT2D eigenvalue weighted by atomic mass is 19.1. The fourth-order valence-electron chi connectivity index (χ4n) is 5.37. The summed E-state index contributed by atoms with van der Waals surface area (Å²) < 4.78 is 28.3. The zero-order valence-corrected chi connectivity index (χ0v) is 19.2. The highest BCUT2D eigenvalue weighted by molar-refractivity contribution is 6.06. The highest BCUT2D eigenvalue weighted by Crippen LogP contribution is 2.58. The summed E-state index contributed by atoms with van der Waals surface area (Å²) in [5, 5.41) is 2.73. The van der Waals surface area contributed by atoms with Crippen molar-refractivity contribution in [3.63, 3.8) is 0 Å². The standard InChI is InChI=1S/C25H27FN4O4/c1-15(9-26)34-19-8-21-28-20(25-12-24(2,13-25)33-14-25)11-29(21)10-17(19)22(31)27-18-4-3-7-30(23(18)32)16-5-6-16/h3-4,7-8,10-11,15-16H,5-6,9,12-14H2,1-2H3,(H,27,31)/t15-,24?,25?/m1/s1. The molecule has 3 aromatic heterocycles. The molecule has 3 aromatic rings. The SMILES string of the molecule is C[C@H](CF)Oc1cc2nc(C34COC(C)(C3)C4)cn2cc1C(=O)Nc1cccn(C2CC2)c1=O. The second kappa shape index (κ2) is 7.40. The van der Waals surface area contributed by atoms with Crippen molar-refractivity contribution in [2.75, 3.05) is 18.6 Å². The minimum Gasteiger partial charge on any atom is -0.487 e.